The third kappa shape index (κ3) is 4.22. The standard InChI is InChI=1S/C18H23N/c1-14-5-4-6-17(11-14)9-10-19-13-18-8-7-15(2)16(3)12-18/h4-8,11-12,19H,9-10,13H2,1-3H3. The molecule has 100 valence electrons. The van der Waals surface area contributed by atoms with E-state index in [0.717, 1.165) is 19.5 Å². The molecule has 1 nitrogen and oxygen atoms in total. The van der Waals surface area contributed by atoms with Gasteiger partial charge in [-0.05, 0) is 56.0 Å². The highest BCUT2D eigenvalue weighted by atomic mass is 14.8. The van der Waals surface area contributed by atoms with Crippen LogP contribution in [0.4, 0.5) is 0 Å². The van der Waals surface area contributed by atoms with Gasteiger partial charge in [-0.3, -0.25) is 0 Å². The van der Waals surface area contributed by atoms with E-state index in [4.69, 9.17) is 0 Å². The second kappa shape index (κ2) is 6.53. The van der Waals surface area contributed by atoms with Crippen LogP contribution in [0, 0.1) is 20.8 Å². The lowest BCUT2D eigenvalue weighted by atomic mass is 10.1. The molecule has 0 bridgehead atoms. The topological polar surface area (TPSA) is 12.0 Å². The third-order valence-corrected chi connectivity index (χ3v) is 3.57. The molecule has 0 saturated carbocycles. The minimum Gasteiger partial charge on any atom is -0.312 e. The zero-order valence-corrected chi connectivity index (χ0v) is 12.2. The first-order valence-corrected chi connectivity index (χ1v) is 6.97. The molecule has 0 fully saturated rings. The second-order valence-corrected chi connectivity index (χ2v) is 5.33. The van der Waals surface area contributed by atoms with Crippen LogP contribution < -0.4 is 5.32 Å². The van der Waals surface area contributed by atoms with Crippen LogP contribution in [0.2, 0.25) is 0 Å². The molecule has 2 aromatic carbocycles. The zero-order chi connectivity index (χ0) is 13.7. The van der Waals surface area contributed by atoms with E-state index in [0.29, 0.717) is 0 Å². The molecule has 0 aromatic heterocycles. The Bertz CT molecular complexity index is 543. The van der Waals surface area contributed by atoms with Crippen molar-refractivity contribution in [3.05, 3.63) is 70.3 Å². The van der Waals surface area contributed by atoms with E-state index in [2.05, 4.69) is 68.6 Å². The molecule has 2 rings (SSSR count). The number of aryl methyl sites for hydroxylation is 3. The molecule has 0 atom stereocenters. The Morgan fingerprint density at radius 3 is 2.42 bits per heavy atom. The minimum atomic E-state index is 0.951. The van der Waals surface area contributed by atoms with Crippen LogP contribution in [0.1, 0.15) is 27.8 Å². The van der Waals surface area contributed by atoms with Gasteiger partial charge in [-0.25, -0.2) is 0 Å². The maximum Gasteiger partial charge on any atom is 0.0205 e. The molecule has 0 spiro atoms. The van der Waals surface area contributed by atoms with Crippen LogP contribution in [-0.4, -0.2) is 6.54 Å². The summed E-state index contributed by atoms with van der Waals surface area (Å²) in [5.74, 6) is 0. The molecular weight excluding hydrogens is 230 g/mol. The van der Waals surface area contributed by atoms with Crippen molar-refractivity contribution in [3.8, 4) is 0 Å². The van der Waals surface area contributed by atoms with Crippen LogP contribution in [0.3, 0.4) is 0 Å². The Morgan fingerprint density at radius 1 is 0.842 bits per heavy atom. The van der Waals surface area contributed by atoms with Gasteiger partial charge in [0.05, 0.1) is 0 Å². The fourth-order valence-electron chi connectivity index (χ4n) is 2.25. The first-order valence-electron chi connectivity index (χ1n) is 6.97. The highest BCUT2D eigenvalue weighted by Gasteiger charge is 1.97. The largest absolute Gasteiger partial charge is 0.312 e. The van der Waals surface area contributed by atoms with Crippen molar-refractivity contribution in [2.45, 2.75) is 33.7 Å². The van der Waals surface area contributed by atoms with Crippen LogP contribution in [0.25, 0.3) is 0 Å². The van der Waals surface area contributed by atoms with Crippen molar-refractivity contribution in [1.29, 1.82) is 0 Å². The summed E-state index contributed by atoms with van der Waals surface area (Å²) in [5, 5.41) is 3.52. The van der Waals surface area contributed by atoms with Crippen molar-refractivity contribution >= 4 is 0 Å². The zero-order valence-electron chi connectivity index (χ0n) is 12.2. The van der Waals surface area contributed by atoms with E-state index in [1.807, 2.05) is 0 Å². The summed E-state index contributed by atoms with van der Waals surface area (Å²) in [4.78, 5) is 0. The lowest BCUT2D eigenvalue weighted by Gasteiger charge is -2.08. The number of rotatable bonds is 5. The van der Waals surface area contributed by atoms with Gasteiger partial charge in [-0.15, -0.1) is 0 Å². The molecule has 0 aliphatic carbocycles. The Labute approximate surface area is 116 Å². The van der Waals surface area contributed by atoms with Gasteiger partial charge in [-0.2, -0.15) is 0 Å². The molecule has 0 aliphatic rings. The molecule has 2 aromatic rings. The Hall–Kier alpha value is -1.60. The highest BCUT2D eigenvalue weighted by molar-refractivity contribution is 5.29. The first kappa shape index (κ1) is 13.8. The fraction of sp³-hybridized carbons (Fsp3) is 0.333. The highest BCUT2D eigenvalue weighted by Crippen LogP contribution is 2.09. The van der Waals surface area contributed by atoms with Gasteiger partial charge in [0.2, 0.25) is 0 Å². The number of nitrogens with one attached hydrogen (secondary N) is 1. The Kier molecular flexibility index (Phi) is 4.75. The maximum atomic E-state index is 3.52. The first-order chi connectivity index (χ1) is 9.15. The van der Waals surface area contributed by atoms with Gasteiger partial charge in [0.1, 0.15) is 0 Å². The van der Waals surface area contributed by atoms with Gasteiger partial charge in [0.15, 0.2) is 0 Å². The van der Waals surface area contributed by atoms with E-state index < -0.39 is 0 Å². The Morgan fingerprint density at radius 2 is 1.68 bits per heavy atom. The monoisotopic (exact) mass is 253 g/mol. The average Bonchev–Trinajstić information content (AvgIpc) is 2.39. The summed E-state index contributed by atoms with van der Waals surface area (Å²) in [6.45, 7) is 8.45. The SMILES string of the molecule is Cc1cccc(CCNCc2ccc(C)c(C)c2)c1. The van der Waals surface area contributed by atoms with E-state index in [-0.39, 0.29) is 0 Å². The van der Waals surface area contributed by atoms with Crippen LogP contribution in [0.15, 0.2) is 42.5 Å². The van der Waals surface area contributed by atoms with E-state index >= 15 is 0 Å². The quantitative estimate of drug-likeness (QED) is 0.796. The molecule has 0 radical (unpaired) electrons. The molecule has 0 aliphatic heterocycles. The van der Waals surface area contributed by atoms with Gasteiger partial charge in [0.25, 0.3) is 0 Å². The molecule has 0 heterocycles. The third-order valence-electron chi connectivity index (χ3n) is 3.57. The summed E-state index contributed by atoms with van der Waals surface area (Å²) in [6, 6.07) is 15.4. The lowest BCUT2D eigenvalue weighted by molar-refractivity contribution is 0.686. The number of hydrogen-bond donors (Lipinski definition) is 1. The van der Waals surface area contributed by atoms with E-state index in [9.17, 15) is 0 Å². The van der Waals surface area contributed by atoms with E-state index in [1.165, 1.54) is 27.8 Å². The number of benzene rings is 2. The van der Waals surface area contributed by atoms with Gasteiger partial charge >= 0.3 is 0 Å². The predicted octanol–water partition coefficient (Wildman–Crippen LogP) is 3.94. The Balaban J connectivity index is 1.79. The van der Waals surface area contributed by atoms with Crippen molar-refractivity contribution < 1.29 is 0 Å². The summed E-state index contributed by atoms with van der Waals surface area (Å²) in [5.41, 5.74) is 6.85. The normalized spacial score (nSPS) is 10.7. The smallest absolute Gasteiger partial charge is 0.0205 e. The van der Waals surface area contributed by atoms with E-state index in [1.54, 1.807) is 0 Å². The number of hydrogen-bond acceptors (Lipinski definition) is 1. The molecule has 0 amide bonds. The molecule has 1 N–H and O–H groups in total. The van der Waals surface area contributed by atoms with Crippen LogP contribution in [0.5, 0.6) is 0 Å². The second-order valence-electron chi connectivity index (χ2n) is 5.33. The van der Waals surface area contributed by atoms with Crippen LogP contribution in [-0.2, 0) is 13.0 Å². The van der Waals surface area contributed by atoms with Crippen LogP contribution >= 0.6 is 0 Å². The van der Waals surface area contributed by atoms with Gasteiger partial charge < -0.3 is 5.32 Å². The summed E-state index contributed by atoms with van der Waals surface area (Å²) >= 11 is 0. The molecule has 1 heteroatoms. The summed E-state index contributed by atoms with van der Waals surface area (Å²) < 4.78 is 0. The van der Waals surface area contributed by atoms with Crippen molar-refractivity contribution in [3.63, 3.8) is 0 Å². The summed E-state index contributed by atoms with van der Waals surface area (Å²) in [7, 11) is 0. The van der Waals surface area contributed by atoms with Gasteiger partial charge in [-0.1, -0.05) is 48.0 Å². The lowest BCUT2D eigenvalue weighted by Crippen LogP contribution is -2.16. The minimum absolute atomic E-state index is 0.951. The van der Waals surface area contributed by atoms with Crippen molar-refractivity contribution in [1.82, 2.24) is 5.32 Å². The molecule has 0 saturated heterocycles. The van der Waals surface area contributed by atoms with Crippen molar-refractivity contribution in [2.75, 3.05) is 6.54 Å². The summed E-state index contributed by atoms with van der Waals surface area (Å²) in [6.07, 6.45) is 1.09. The molecule has 19 heavy (non-hydrogen) atoms. The van der Waals surface area contributed by atoms with Crippen molar-refractivity contribution in [2.24, 2.45) is 0 Å². The average molecular weight is 253 g/mol. The fourth-order valence-corrected chi connectivity index (χ4v) is 2.25. The molecular formula is C18H23N. The van der Waals surface area contributed by atoms with Gasteiger partial charge in [0, 0.05) is 6.54 Å². The maximum absolute atomic E-state index is 3.52. The predicted molar refractivity (Wildman–Crippen MR) is 82.5 cm³/mol. The molecule has 0 unspecified atom stereocenters.